The molecule has 0 saturated carbocycles. The fraction of sp³-hybridized carbons (Fsp3) is 0.348. The van der Waals surface area contributed by atoms with E-state index in [9.17, 15) is 9.90 Å². The Balaban J connectivity index is 2.76. The van der Waals surface area contributed by atoms with E-state index in [0.717, 1.165) is 23.6 Å². The Morgan fingerprint density at radius 3 is 2.14 bits per heavy atom. The van der Waals surface area contributed by atoms with E-state index < -0.39 is 8.07 Å². The lowest BCUT2D eigenvalue weighted by Gasteiger charge is -2.28. The molecule has 1 N–H and O–H groups in total. The summed E-state index contributed by atoms with van der Waals surface area (Å²) in [5, 5.41) is 11.9. The van der Waals surface area contributed by atoms with Crippen LogP contribution in [0.5, 0.6) is 0 Å². The average Bonchev–Trinajstić information content (AvgIpc) is 2.66. The van der Waals surface area contributed by atoms with Gasteiger partial charge in [-0.2, -0.15) is 0 Å². The summed E-state index contributed by atoms with van der Waals surface area (Å²) in [6, 6.07) is 9.40. The average molecular weight is 397 g/mol. The molecule has 0 fully saturated rings. The van der Waals surface area contributed by atoms with Gasteiger partial charge >= 0.3 is 0 Å². The first-order valence-corrected chi connectivity index (χ1v) is 12.9. The van der Waals surface area contributed by atoms with Gasteiger partial charge in [0.05, 0.1) is 27.9 Å². The van der Waals surface area contributed by atoms with Crippen molar-refractivity contribution in [1.29, 1.82) is 0 Å². The number of methoxy groups -OCH3 is 2. The molecule has 0 atom stereocenters. The van der Waals surface area contributed by atoms with Crippen LogP contribution in [0.15, 0.2) is 64.0 Å². The fourth-order valence-electron chi connectivity index (χ4n) is 3.24. The van der Waals surface area contributed by atoms with Gasteiger partial charge in [-0.25, -0.2) is 0 Å². The second-order valence-corrected chi connectivity index (χ2v) is 12.7. The van der Waals surface area contributed by atoms with Crippen molar-refractivity contribution in [2.45, 2.75) is 39.4 Å². The van der Waals surface area contributed by atoms with Gasteiger partial charge in [0.1, 0.15) is 5.57 Å². The van der Waals surface area contributed by atoms with Crippen LogP contribution in [0.25, 0.3) is 0 Å². The van der Waals surface area contributed by atoms with Crippen LogP contribution in [-0.2, 0) is 14.3 Å². The van der Waals surface area contributed by atoms with Crippen molar-refractivity contribution < 1.29 is 19.4 Å². The number of hydrogen-bond donors (Lipinski definition) is 1. The third-order valence-corrected chi connectivity index (χ3v) is 6.87. The zero-order valence-corrected chi connectivity index (χ0v) is 18.5. The lowest BCUT2D eigenvalue weighted by Crippen LogP contribution is -2.31. The zero-order chi connectivity index (χ0) is 20.9. The molecule has 4 nitrogen and oxygen atoms in total. The van der Waals surface area contributed by atoms with Gasteiger partial charge in [-0.15, -0.1) is 0 Å². The number of hydrogen-bond acceptors (Lipinski definition) is 4. The molecule has 1 aromatic carbocycles. The molecule has 1 aliphatic rings. The Labute approximate surface area is 168 Å². The van der Waals surface area contributed by atoms with Crippen LogP contribution in [0.4, 0.5) is 0 Å². The minimum Gasteiger partial charge on any atom is -0.502 e. The van der Waals surface area contributed by atoms with Crippen molar-refractivity contribution in [2.24, 2.45) is 0 Å². The van der Waals surface area contributed by atoms with Crippen molar-refractivity contribution in [3.05, 3.63) is 69.5 Å². The van der Waals surface area contributed by atoms with E-state index in [1.165, 1.54) is 14.2 Å². The van der Waals surface area contributed by atoms with Crippen LogP contribution in [0.2, 0.25) is 19.6 Å². The van der Waals surface area contributed by atoms with Crippen molar-refractivity contribution in [1.82, 2.24) is 0 Å². The minimum absolute atomic E-state index is 0.0560. The molecule has 148 valence electrons. The summed E-state index contributed by atoms with van der Waals surface area (Å²) in [6.45, 7) is 8.64. The molecule has 0 heterocycles. The van der Waals surface area contributed by atoms with Crippen molar-refractivity contribution in [2.75, 3.05) is 14.2 Å². The first-order valence-electron chi connectivity index (χ1n) is 9.37. The molecule has 2 rings (SSSR count). The van der Waals surface area contributed by atoms with Gasteiger partial charge < -0.3 is 14.6 Å². The standard InChI is InChI=1S/C23H28O4Si/c1-7-11-18(28(4,5)6)19-20(24)17(15-14-16-12-9-8-10-13-16)22(26-2)21(25)23(19)27-3/h8-10,12-13,25H,7,11H2,1-6H3/b19-18-. The molecule has 0 spiro atoms. The number of carbonyl (C=O) groups excluding carboxylic acids is 1. The normalized spacial score (nSPS) is 16.6. The topological polar surface area (TPSA) is 55.8 Å². The number of Topliss-reactive ketones (excluding diaryl/α,β-unsaturated/α-hetero) is 1. The molecule has 0 radical (unpaired) electrons. The molecular weight excluding hydrogens is 368 g/mol. The zero-order valence-electron chi connectivity index (χ0n) is 17.5. The van der Waals surface area contributed by atoms with Gasteiger partial charge in [0.25, 0.3) is 0 Å². The number of ether oxygens (including phenoxy) is 2. The lowest BCUT2D eigenvalue weighted by molar-refractivity contribution is -0.112. The van der Waals surface area contributed by atoms with Gasteiger partial charge in [-0.1, -0.05) is 68.2 Å². The smallest absolute Gasteiger partial charge is 0.208 e. The maximum absolute atomic E-state index is 13.5. The maximum Gasteiger partial charge on any atom is 0.208 e. The Morgan fingerprint density at radius 1 is 1.04 bits per heavy atom. The van der Waals surface area contributed by atoms with Gasteiger partial charge in [0, 0.05) is 5.56 Å². The predicted molar refractivity (Wildman–Crippen MR) is 114 cm³/mol. The number of rotatable bonds is 5. The number of aliphatic hydroxyl groups excluding tert-OH is 1. The summed E-state index contributed by atoms with van der Waals surface area (Å²) in [7, 11) is 1.02. The summed E-state index contributed by atoms with van der Waals surface area (Å²) in [4.78, 5) is 13.5. The van der Waals surface area contributed by atoms with Crippen molar-refractivity contribution in [3.8, 4) is 11.8 Å². The van der Waals surface area contributed by atoms with Crippen LogP contribution in [-0.4, -0.2) is 33.2 Å². The van der Waals surface area contributed by atoms with Gasteiger partial charge in [0.2, 0.25) is 11.5 Å². The second kappa shape index (κ2) is 8.98. The first kappa shape index (κ1) is 21.6. The summed E-state index contributed by atoms with van der Waals surface area (Å²) < 4.78 is 10.8. The fourth-order valence-corrected chi connectivity index (χ4v) is 5.21. The molecule has 0 aliphatic heterocycles. The number of aliphatic hydroxyl groups is 1. The Morgan fingerprint density at radius 2 is 1.64 bits per heavy atom. The van der Waals surface area contributed by atoms with Gasteiger partial charge in [-0.3, -0.25) is 4.79 Å². The largest absolute Gasteiger partial charge is 0.502 e. The Kier molecular flexibility index (Phi) is 6.93. The summed E-state index contributed by atoms with van der Waals surface area (Å²) in [5.74, 6) is 5.74. The summed E-state index contributed by atoms with van der Waals surface area (Å²) in [5.41, 5.74) is 1.38. The molecule has 5 heteroatoms. The van der Waals surface area contributed by atoms with Gasteiger partial charge in [-0.05, 0) is 18.6 Å². The highest BCUT2D eigenvalue weighted by Crippen LogP contribution is 2.37. The maximum atomic E-state index is 13.5. The Hall–Kier alpha value is -2.71. The van der Waals surface area contributed by atoms with Crippen LogP contribution >= 0.6 is 0 Å². The highest BCUT2D eigenvalue weighted by Gasteiger charge is 2.38. The number of allylic oxidation sites excluding steroid dienone is 3. The highest BCUT2D eigenvalue weighted by atomic mass is 28.3. The van der Waals surface area contributed by atoms with E-state index in [4.69, 9.17) is 9.47 Å². The molecule has 1 aliphatic carbocycles. The molecule has 0 amide bonds. The molecule has 28 heavy (non-hydrogen) atoms. The molecule has 0 bridgehead atoms. The molecule has 0 saturated heterocycles. The van der Waals surface area contributed by atoms with Crippen LogP contribution in [0.1, 0.15) is 25.3 Å². The van der Waals surface area contributed by atoms with E-state index in [2.05, 4.69) is 38.4 Å². The second-order valence-electron chi connectivity index (χ2n) is 7.59. The summed E-state index contributed by atoms with van der Waals surface area (Å²) in [6.07, 6.45) is 1.68. The number of benzene rings is 1. The van der Waals surface area contributed by atoms with Crippen LogP contribution < -0.4 is 0 Å². The Bertz CT molecular complexity index is 903. The van der Waals surface area contributed by atoms with Crippen molar-refractivity contribution in [3.63, 3.8) is 0 Å². The number of carbonyl (C=O) groups is 1. The monoisotopic (exact) mass is 396 g/mol. The first-order chi connectivity index (χ1) is 13.3. The third-order valence-electron chi connectivity index (χ3n) is 4.56. The minimum atomic E-state index is -1.85. The predicted octanol–water partition coefficient (Wildman–Crippen LogP) is 4.91. The summed E-state index contributed by atoms with van der Waals surface area (Å²) >= 11 is 0. The highest BCUT2D eigenvalue weighted by molar-refractivity contribution is 6.83. The van der Waals surface area contributed by atoms with E-state index in [-0.39, 0.29) is 28.6 Å². The van der Waals surface area contributed by atoms with Crippen molar-refractivity contribution >= 4 is 13.9 Å². The van der Waals surface area contributed by atoms with Crippen LogP contribution in [0, 0.1) is 11.8 Å². The van der Waals surface area contributed by atoms with E-state index in [0.29, 0.717) is 5.57 Å². The quantitative estimate of drug-likeness (QED) is 0.436. The third kappa shape index (κ3) is 4.40. The molecule has 1 aromatic rings. The van der Waals surface area contributed by atoms with E-state index in [1.54, 1.807) is 0 Å². The lowest BCUT2D eigenvalue weighted by atomic mass is 9.92. The van der Waals surface area contributed by atoms with E-state index in [1.807, 2.05) is 30.3 Å². The van der Waals surface area contributed by atoms with E-state index >= 15 is 0 Å². The molecule has 0 unspecified atom stereocenters. The molecule has 0 aromatic heterocycles. The van der Waals surface area contributed by atoms with Gasteiger partial charge in [0.15, 0.2) is 11.5 Å². The SMILES string of the molecule is CCC/C(=C1\C(=O)C(C#Cc2ccccc2)=C(OC)C(O)=C1OC)[Si](C)(C)C. The van der Waals surface area contributed by atoms with Crippen LogP contribution in [0.3, 0.4) is 0 Å². The number of ketones is 1. The molecular formula is C23H28O4Si.